The summed E-state index contributed by atoms with van der Waals surface area (Å²) in [7, 11) is 0. The Kier molecular flexibility index (Phi) is 8.11. The first-order valence-corrected chi connectivity index (χ1v) is 17.5. The third-order valence-electron chi connectivity index (χ3n) is 10.2. The Morgan fingerprint density at radius 1 is 0.491 bits per heavy atom. The van der Waals surface area contributed by atoms with Crippen molar-refractivity contribution in [3.63, 3.8) is 0 Å². The number of hydrogen-bond acceptors (Lipinski definition) is 2. The number of aromatic nitrogens is 1. The van der Waals surface area contributed by atoms with Crippen LogP contribution in [-0.4, -0.2) is 16.4 Å². The highest BCUT2D eigenvalue weighted by atomic mass is 19.4. The molecule has 0 bridgehead atoms. The van der Waals surface area contributed by atoms with Gasteiger partial charge in [-0.1, -0.05) is 60.2 Å². The zero-order valence-corrected chi connectivity index (χ0v) is 30.3. The van der Waals surface area contributed by atoms with Crippen molar-refractivity contribution < 1.29 is 35.9 Å². The normalized spacial score (nSPS) is 13.4. The summed E-state index contributed by atoms with van der Waals surface area (Å²) in [4.78, 5) is 29.9. The number of alkyl halides is 6. The highest BCUT2D eigenvalue weighted by Crippen LogP contribution is 2.46. The smallest absolute Gasteiger partial charge is 0.308 e. The van der Waals surface area contributed by atoms with E-state index in [0.29, 0.717) is 55.4 Å². The summed E-state index contributed by atoms with van der Waals surface area (Å²) in [5.74, 6) is -1.05. The molecule has 0 fully saturated rings. The molecule has 1 aliphatic rings. The number of benzene rings is 6. The summed E-state index contributed by atoms with van der Waals surface area (Å²) < 4.78 is 86.8. The van der Waals surface area contributed by atoms with Gasteiger partial charge in [-0.2, -0.15) is 26.3 Å². The van der Waals surface area contributed by atoms with Gasteiger partial charge in [0.05, 0.1) is 44.7 Å². The van der Waals surface area contributed by atoms with Gasteiger partial charge in [0.25, 0.3) is 11.8 Å². The number of halogens is 6. The van der Waals surface area contributed by atoms with Gasteiger partial charge in [-0.05, 0) is 128 Å². The fourth-order valence-electron chi connectivity index (χ4n) is 8.24. The number of anilines is 1. The molecule has 4 nitrogen and oxygen atoms in total. The van der Waals surface area contributed by atoms with Crippen LogP contribution < -0.4 is 4.90 Å². The first kappa shape index (κ1) is 35.8. The molecule has 0 saturated carbocycles. The van der Waals surface area contributed by atoms with Crippen LogP contribution in [0.2, 0.25) is 0 Å². The minimum atomic E-state index is -4.64. The Balaban J connectivity index is 1.48. The standard InChI is InChI=1S/C45H32F6N2O2/c1-23-15-26(4)41(27(5)16-23)53-42(54)34-11-8-14-37(40(34)43(53)55)52-35-12-6-9-32(28-17-24(2)19-30(21-28)44(46,47)48)38(35)39-33(10-7-13-36(39)52)29-18-25(3)20-31(22-29)45(49,50)51/h6-22H,1-5H3. The van der Waals surface area contributed by atoms with E-state index in [2.05, 4.69) is 0 Å². The van der Waals surface area contributed by atoms with E-state index in [1.807, 2.05) is 32.9 Å². The number of carbonyl (C=O) groups excluding carboxylic acids is 2. The second kappa shape index (κ2) is 12.4. The molecule has 0 aliphatic carbocycles. The molecule has 0 spiro atoms. The Morgan fingerprint density at radius 2 is 0.927 bits per heavy atom. The Morgan fingerprint density at radius 3 is 1.40 bits per heavy atom. The van der Waals surface area contributed by atoms with Gasteiger partial charge in [0.1, 0.15) is 0 Å². The monoisotopic (exact) mass is 746 g/mol. The number of rotatable bonds is 4. The van der Waals surface area contributed by atoms with Crippen LogP contribution in [0.4, 0.5) is 32.0 Å². The van der Waals surface area contributed by atoms with Gasteiger partial charge < -0.3 is 4.57 Å². The van der Waals surface area contributed by atoms with E-state index in [1.54, 1.807) is 85.1 Å². The van der Waals surface area contributed by atoms with Crippen LogP contribution in [0.15, 0.2) is 103 Å². The molecule has 7 aromatic rings. The molecule has 6 aromatic carbocycles. The maximum Gasteiger partial charge on any atom is 0.416 e. The van der Waals surface area contributed by atoms with Crippen LogP contribution in [0.5, 0.6) is 0 Å². The molecule has 2 amide bonds. The van der Waals surface area contributed by atoms with Gasteiger partial charge in [0.15, 0.2) is 0 Å². The van der Waals surface area contributed by atoms with Crippen molar-refractivity contribution in [3.05, 3.63) is 153 Å². The lowest BCUT2D eigenvalue weighted by Crippen LogP contribution is -2.31. The van der Waals surface area contributed by atoms with Crippen molar-refractivity contribution >= 4 is 39.3 Å². The molecule has 1 aliphatic heterocycles. The highest BCUT2D eigenvalue weighted by molar-refractivity contribution is 6.36. The summed E-state index contributed by atoms with van der Waals surface area (Å²) >= 11 is 0. The molecule has 0 saturated heterocycles. The van der Waals surface area contributed by atoms with Crippen molar-refractivity contribution in [1.29, 1.82) is 0 Å². The molecule has 0 N–H and O–H groups in total. The Labute approximate surface area is 312 Å². The van der Waals surface area contributed by atoms with Gasteiger partial charge in [-0.3, -0.25) is 9.59 Å². The van der Waals surface area contributed by atoms with E-state index < -0.39 is 35.3 Å². The average Bonchev–Trinajstić information content (AvgIpc) is 3.58. The van der Waals surface area contributed by atoms with Gasteiger partial charge in [-0.25, -0.2) is 4.90 Å². The highest BCUT2D eigenvalue weighted by Gasteiger charge is 2.41. The number of hydrogen-bond donors (Lipinski definition) is 0. The van der Waals surface area contributed by atoms with Gasteiger partial charge in [0.2, 0.25) is 0 Å². The van der Waals surface area contributed by atoms with Crippen LogP contribution in [0.1, 0.15) is 59.7 Å². The lowest BCUT2D eigenvalue weighted by atomic mass is 9.92. The molecule has 276 valence electrons. The third-order valence-corrected chi connectivity index (χ3v) is 10.2. The lowest BCUT2D eigenvalue weighted by molar-refractivity contribution is -0.138. The lowest BCUT2D eigenvalue weighted by Gasteiger charge is -2.20. The van der Waals surface area contributed by atoms with E-state index in [9.17, 15) is 35.9 Å². The second-order valence-corrected chi connectivity index (χ2v) is 14.3. The summed E-state index contributed by atoms with van der Waals surface area (Å²) in [5.41, 5.74) is 4.93. The molecule has 10 heteroatoms. The first-order chi connectivity index (χ1) is 25.9. The minimum Gasteiger partial charge on any atom is -0.308 e. The summed E-state index contributed by atoms with van der Waals surface area (Å²) in [5, 5.41) is 0.941. The van der Waals surface area contributed by atoms with Crippen LogP contribution in [0.25, 0.3) is 49.7 Å². The molecule has 2 heterocycles. The van der Waals surface area contributed by atoms with Gasteiger partial charge in [-0.15, -0.1) is 0 Å². The van der Waals surface area contributed by atoms with Gasteiger partial charge >= 0.3 is 12.4 Å². The van der Waals surface area contributed by atoms with E-state index >= 15 is 0 Å². The fraction of sp³-hybridized carbons (Fsp3) is 0.156. The van der Waals surface area contributed by atoms with E-state index in [-0.39, 0.29) is 22.3 Å². The molecule has 0 unspecified atom stereocenters. The largest absolute Gasteiger partial charge is 0.416 e. The Bertz CT molecular complexity index is 2650. The molecule has 0 atom stereocenters. The maximum absolute atomic E-state index is 14.6. The summed E-state index contributed by atoms with van der Waals surface area (Å²) in [6.07, 6.45) is -9.28. The van der Waals surface area contributed by atoms with Crippen LogP contribution in [-0.2, 0) is 12.4 Å². The van der Waals surface area contributed by atoms with Crippen LogP contribution in [0, 0.1) is 34.6 Å². The molecular formula is C45H32F6N2O2. The number of aryl methyl sites for hydroxylation is 5. The van der Waals surface area contributed by atoms with Crippen LogP contribution in [0.3, 0.4) is 0 Å². The zero-order chi connectivity index (χ0) is 39.3. The van der Waals surface area contributed by atoms with Crippen molar-refractivity contribution in [2.75, 3.05) is 4.90 Å². The number of fused-ring (bicyclic) bond motifs is 4. The number of imide groups is 1. The van der Waals surface area contributed by atoms with Crippen molar-refractivity contribution in [1.82, 2.24) is 4.57 Å². The minimum absolute atomic E-state index is 0.131. The maximum atomic E-state index is 14.6. The van der Waals surface area contributed by atoms with Crippen molar-refractivity contribution in [2.45, 2.75) is 47.0 Å². The number of nitrogens with zero attached hydrogens (tertiary/aromatic N) is 2. The molecule has 0 radical (unpaired) electrons. The topological polar surface area (TPSA) is 42.3 Å². The predicted molar refractivity (Wildman–Crippen MR) is 203 cm³/mol. The average molecular weight is 747 g/mol. The third kappa shape index (κ3) is 5.78. The molecule has 1 aromatic heterocycles. The van der Waals surface area contributed by atoms with Gasteiger partial charge in [0, 0.05) is 10.8 Å². The summed E-state index contributed by atoms with van der Waals surface area (Å²) in [6.45, 7) is 8.73. The summed E-state index contributed by atoms with van der Waals surface area (Å²) in [6, 6.07) is 26.5. The number of carbonyl (C=O) groups is 2. The van der Waals surface area contributed by atoms with Crippen LogP contribution >= 0.6 is 0 Å². The van der Waals surface area contributed by atoms with Crippen molar-refractivity contribution in [2.24, 2.45) is 0 Å². The van der Waals surface area contributed by atoms with E-state index in [1.165, 1.54) is 4.90 Å². The Hall–Kier alpha value is -6.16. The molecule has 55 heavy (non-hydrogen) atoms. The molecule has 8 rings (SSSR count). The predicted octanol–water partition coefficient (Wildman–Crippen LogP) is 12.5. The quantitative estimate of drug-likeness (QED) is 0.133. The zero-order valence-electron chi connectivity index (χ0n) is 30.3. The van der Waals surface area contributed by atoms with E-state index in [0.717, 1.165) is 41.0 Å². The van der Waals surface area contributed by atoms with E-state index in [4.69, 9.17) is 0 Å². The first-order valence-electron chi connectivity index (χ1n) is 17.5. The number of amides is 2. The van der Waals surface area contributed by atoms with Crippen molar-refractivity contribution in [3.8, 4) is 27.9 Å². The molecular weight excluding hydrogens is 714 g/mol. The second-order valence-electron chi connectivity index (χ2n) is 14.3. The SMILES string of the molecule is Cc1cc(-c2cccc3c2c2c(-c4cc(C)cc(C(F)(F)F)c4)cccc2n3-c2cccc3c2C(=O)N(c2c(C)cc(C)cc2C)C3=O)cc(C(F)(F)F)c1. The fourth-order valence-corrected chi connectivity index (χ4v) is 8.24.